The standard InChI is InChI=1S/C15H12BrF3O/c16-14-7-9(1-2-15(14)19)5-13(20)6-10-3-11(17)8-12(18)4-10/h1-4,7-8,13,20H,5-6H2. The third kappa shape index (κ3) is 4.08. The lowest BCUT2D eigenvalue weighted by Crippen LogP contribution is -2.14. The van der Waals surface area contributed by atoms with Crippen LogP contribution in [0.1, 0.15) is 11.1 Å². The minimum absolute atomic E-state index is 0.129. The second-order valence-corrected chi connectivity index (χ2v) is 5.44. The fourth-order valence-corrected chi connectivity index (χ4v) is 2.44. The van der Waals surface area contributed by atoms with Crippen LogP contribution in [0.3, 0.4) is 0 Å². The summed E-state index contributed by atoms with van der Waals surface area (Å²) in [6, 6.07) is 7.60. The van der Waals surface area contributed by atoms with Gasteiger partial charge in [0.25, 0.3) is 0 Å². The van der Waals surface area contributed by atoms with E-state index in [1.165, 1.54) is 18.2 Å². The van der Waals surface area contributed by atoms with Gasteiger partial charge in [0, 0.05) is 6.07 Å². The Morgan fingerprint density at radius 1 is 0.900 bits per heavy atom. The number of hydrogen-bond acceptors (Lipinski definition) is 1. The SMILES string of the molecule is OC(Cc1cc(F)cc(F)c1)Cc1ccc(F)c(Br)c1. The highest BCUT2D eigenvalue weighted by Gasteiger charge is 2.10. The van der Waals surface area contributed by atoms with E-state index in [1.807, 2.05) is 0 Å². The average Bonchev–Trinajstić information content (AvgIpc) is 2.32. The van der Waals surface area contributed by atoms with E-state index < -0.39 is 17.7 Å². The Labute approximate surface area is 123 Å². The Balaban J connectivity index is 2.04. The van der Waals surface area contributed by atoms with E-state index in [4.69, 9.17) is 0 Å². The van der Waals surface area contributed by atoms with Crippen LogP contribution in [-0.2, 0) is 12.8 Å². The molecule has 20 heavy (non-hydrogen) atoms. The molecular formula is C15H12BrF3O. The molecule has 0 saturated carbocycles. The summed E-state index contributed by atoms with van der Waals surface area (Å²) in [5, 5.41) is 9.94. The number of aliphatic hydroxyl groups is 1. The second-order valence-electron chi connectivity index (χ2n) is 4.59. The first-order valence-corrected chi connectivity index (χ1v) is 6.80. The number of aliphatic hydroxyl groups excluding tert-OH is 1. The van der Waals surface area contributed by atoms with Crippen LogP contribution in [-0.4, -0.2) is 11.2 Å². The van der Waals surface area contributed by atoms with Gasteiger partial charge in [0.15, 0.2) is 0 Å². The molecule has 0 aromatic heterocycles. The lowest BCUT2D eigenvalue weighted by atomic mass is 10.0. The van der Waals surface area contributed by atoms with Crippen LogP contribution in [0.5, 0.6) is 0 Å². The van der Waals surface area contributed by atoms with Crippen molar-refractivity contribution >= 4 is 15.9 Å². The smallest absolute Gasteiger partial charge is 0.137 e. The lowest BCUT2D eigenvalue weighted by molar-refractivity contribution is 0.175. The summed E-state index contributed by atoms with van der Waals surface area (Å²) in [6.07, 6.45) is -0.394. The Bertz CT molecular complexity index is 596. The topological polar surface area (TPSA) is 20.2 Å². The number of benzene rings is 2. The van der Waals surface area contributed by atoms with Gasteiger partial charge in [-0.2, -0.15) is 0 Å². The van der Waals surface area contributed by atoms with Crippen LogP contribution >= 0.6 is 15.9 Å². The number of hydrogen-bond donors (Lipinski definition) is 1. The first kappa shape index (κ1) is 15.1. The van der Waals surface area contributed by atoms with E-state index in [-0.39, 0.29) is 18.7 Å². The van der Waals surface area contributed by atoms with Gasteiger partial charge >= 0.3 is 0 Å². The molecule has 0 spiro atoms. The van der Waals surface area contributed by atoms with Crippen molar-refractivity contribution in [2.75, 3.05) is 0 Å². The summed E-state index contributed by atoms with van der Waals surface area (Å²) in [5.41, 5.74) is 1.12. The van der Waals surface area contributed by atoms with E-state index in [0.29, 0.717) is 10.0 Å². The third-order valence-corrected chi connectivity index (χ3v) is 3.46. The molecule has 0 bridgehead atoms. The normalized spacial score (nSPS) is 12.4. The predicted molar refractivity (Wildman–Crippen MR) is 73.9 cm³/mol. The number of halogens is 4. The van der Waals surface area contributed by atoms with Gasteiger partial charge in [-0.25, -0.2) is 13.2 Å². The average molecular weight is 345 g/mol. The Kier molecular flexibility index (Phi) is 4.83. The largest absolute Gasteiger partial charge is 0.392 e. The highest BCUT2D eigenvalue weighted by molar-refractivity contribution is 9.10. The molecule has 1 N–H and O–H groups in total. The molecule has 0 heterocycles. The first-order valence-electron chi connectivity index (χ1n) is 6.01. The summed E-state index contributed by atoms with van der Waals surface area (Å²) >= 11 is 3.07. The monoisotopic (exact) mass is 344 g/mol. The van der Waals surface area contributed by atoms with Crippen molar-refractivity contribution < 1.29 is 18.3 Å². The number of rotatable bonds is 4. The summed E-state index contributed by atoms with van der Waals surface area (Å²) in [6.45, 7) is 0. The molecule has 0 aliphatic rings. The highest BCUT2D eigenvalue weighted by Crippen LogP contribution is 2.19. The van der Waals surface area contributed by atoms with Crippen molar-refractivity contribution in [3.05, 3.63) is 69.4 Å². The van der Waals surface area contributed by atoms with Crippen LogP contribution < -0.4 is 0 Å². The Morgan fingerprint density at radius 2 is 1.50 bits per heavy atom. The lowest BCUT2D eigenvalue weighted by Gasteiger charge is -2.11. The zero-order valence-corrected chi connectivity index (χ0v) is 12.0. The quantitative estimate of drug-likeness (QED) is 0.888. The van der Waals surface area contributed by atoms with Crippen LogP contribution in [0.25, 0.3) is 0 Å². The van der Waals surface area contributed by atoms with Crippen molar-refractivity contribution in [1.29, 1.82) is 0 Å². The predicted octanol–water partition coefficient (Wildman–Crippen LogP) is 4.01. The molecule has 2 rings (SSSR count). The fraction of sp³-hybridized carbons (Fsp3) is 0.200. The second kappa shape index (κ2) is 6.41. The van der Waals surface area contributed by atoms with Gasteiger partial charge in [0.1, 0.15) is 17.5 Å². The zero-order chi connectivity index (χ0) is 14.7. The first-order chi connectivity index (χ1) is 9.44. The molecule has 0 saturated heterocycles. The van der Waals surface area contributed by atoms with Crippen molar-refractivity contribution in [3.8, 4) is 0 Å². The Morgan fingerprint density at radius 3 is 2.10 bits per heavy atom. The molecule has 0 amide bonds. The molecule has 0 fully saturated rings. The van der Waals surface area contributed by atoms with Gasteiger partial charge in [0.05, 0.1) is 10.6 Å². The fourth-order valence-electron chi connectivity index (χ4n) is 2.01. The molecule has 5 heteroatoms. The van der Waals surface area contributed by atoms with E-state index in [1.54, 1.807) is 12.1 Å². The van der Waals surface area contributed by atoms with E-state index in [2.05, 4.69) is 15.9 Å². The van der Waals surface area contributed by atoms with E-state index in [0.717, 1.165) is 11.6 Å². The summed E-state index contributed by atoms with van der Waals surface area (Å²) < 4.78 is 39.5. The van der Waals surface area contributed by atoms with Crippen LogP contribution in [0.2, 0.25) is 0 Å². The molecule has 106 valence electrons. The molecule has 0 aliphatic heterocycles. The van der Waals surface area contributed by atoms with E-state index >= 15 is 0 Å². The molecule has 1 nitrogen and oxygen atoms in total. The third-order valence-electron chi connectivity index (χ3n) is 2.85. The maximum atomic E-state index is 13.1. The molecule has 2 aromatic rings. The van der Waals surface area contributed by atoms with Gasteiger partial charge in [-0.15, -0.1) is 0 Å². The van der Waals surface area contributed by atoms with Gasteiger partial charge in [-0.1, -0.05) is 6.07 Å². The minimum Gasteiger partial charge on any atom is -0.392 e. The maximum Gasteiger partial charge on any atom is 0.137 e. The molecule has 0 radical (unpaired) electrons. The molecule has 2 aromatic carbocycles. The Hall–Kier alpha value is -1.33. The molecule has 0 aliphatic carbocycles. The molecule has 1 unspecified atom stereocenters. The van der Waals surface area contributed by atoms with Crippen LogP contribution in [0, 0.1) is 17.5 Å². The van der Waals surface area contributed by atoms with Crippen molar-refractivity contribution in [3.63, 3.8) is 0 Å². The van der Waals surface area contributed by atoms with Crippen molar-refractivity contribution in [2.24, 2.45) is 0 Å². The summed E-state index contributed by atoms with van der Waals surface area (Å²) in [4.78, 5) is 0. The van der Waals surface area contributed by atoms with Crippen LogP contribution in [0.15, 0.2) is 40.9 Å². The van der Waals surface area contributed by atoms with Crippen LogP contribution in [0.4, 0.5) is 13.2 Å². The van der Waals surface area contributed by atoms with Gasteiger partial charge in [-0.05, 0) is 64.2 Å². The zero-order valence-electron chi connectivity index (χ0n) is 10.4. The van der Waals surface area contributed by atoms with Gasteiger partial charge in [-0.3, -0.25) is 0 Å². The highest BCUT2D eigenvalue weighted by atomic mass is 79.9. The maximum absolute atomic E-state index is 13.1. The summed E-state index contributed by atoms with van der Waals surface area (Å²) in [7, 11) is 0. The van der Waals surface area contributed by atoms with E-state index in [9.17, 15) is 18.3 Å². The van der Waals surface area contributed by atoms with Crippen molar-refractivity contribution in [2.45, 2.75) is 18.9 Å². The molecular weight excluding hydrogens is 333 g/mol. The van der Waals surface area contributed by atoms with Gasteiger partial charge in [0.2, 0.25) is 0 Å². The van der Waals surface area contributed by atoms with Gasteiger partial charge < -0.3 is 5.11 Å². The molecule has 1 atom stereocenters. The van der Waals surface area contributed by atoms with Crippen molar-refractivity contribution in [1.82, 2.24) is 0 Å². The minimum atomic E-state index is -0.798. The summed E-state index contributed by atoms with van der Waals surface area (Å²) in [5.74, 6) is -1.72.